The van der Waals surface area contributed by atoms with E-state index in [0.29, 0.717) is 0 Å². The maximum atomic E-state index is 12.5. The van der Waals surface area contributed by atoms with Crippen LogP contribution in [0.5, 0.6) is 0 Å². The predicted molar refractivity (Wildman–Crippen MR) is 51.4 cm³/mol. The molecular weight excluding hydrogens is 223 g/mol. The van der Waals surface area contributed by atoms with Crippen molar-refractivity contribution in [3.63, 3.8) is 0 Å². The van der Waals surface area contributed by atoms with Gasteiger partial charge >= 0.3 is 0 Å². The highest BCUT2D eigenvalue weighted by molar-refractivity contribution is 7.86. The molecule has 0 radical (unpaired) electrons. The summed E-state index contributed by atoms with van der Waals surface area (Å²) in [5.41, 5.74) is 0. The lowest BCUT2D eigenvalue weighted by atomic mass is 10.1. The summed E-state index contributed by atoms with van der Waals surface area (Å²) in [6.07, 6.45) is 1.91. The molecule has 7 heteroatoms. The molecule has 2 atom stereocenters. The number of hydrogen-bond donors (Lipinski definition) is 1. The highest BCUT2D eigenvalue weighted by atomic mass is 32.2. The summed E-state index contributed by atoms with van der Waals surface area (Å²) >= 11 is 0. The van der Waals surface area contributed by atoms with Gasteiger partial charge in [0.1, 0.15) is 5.82 Å². The van der Waals surface area contributed by atoms with Crippen molar-refractivity contribution in [3.05, 3.63) is 24.0 Å². The van der Waals surface area contributed by atoms with E-state index in [2.05, 4.69) is 9.97 Å². The molecular formula is C8H11FN2O3S. The second kappa shape index (κ2) is 4.19. The molecule has 0 amide bonds. The molecule has 5 nitrogen and oxygen atoms in total. The van der Waals surface area contributed by atoms with Crippen molar-refractivity contribution in [3.8, 4) is 0 Å². The highest BCUT2D eigenvalue weighted by Crippen LogP contribution is 2.19. The van der Waals surface area contributed by atoms with E-state index in [4.69, 9.17) is 4.55 Å². The molecule has 0 aliphatic heterocycles. The predicted octanol–water partition coefficient (Wildman–Crippen LogP) is 0.996. The van der Waals surface area contributed by atoms with Crippen LogP contribution in [0.1, 0.15) is 25.6 Å². The standard InChI is InChI=1S/C8H11FN2O3S/c1-5(6(2)15(12,13)14)8-10-3-7(9)4-11-8/h3-6H,1-2H3,(H,12,13,14)/t5-,6-/m1/s1. The highest BCUT2D eigenvalue weighted by Gasteiger charge is 2.27. The zero-order valence-electron chi connectivity index (χ0n) is 8.25. The third kappa shape index (κ3) is 2.93. The summed E-state index contributed by atoms with van der Waals surface area (Å²) in [6.45, 7) is 2.89. The number of hydrogen-bond acceptors (Lipinski definition) is 4. The van der Waals surface area contributed by atoms with E-state index < -0.39 is 27.1 Å². The van der Waals surface area contributed by atoms with Crippen LogP contribution in [-0.2, 0) is 10.1 Å². The van der Waals surface area contributed by atoms with E-state index in [1.165, 1.54) is 6.92 Å². The van der Waals surface area contributed by atoms with Crippen LogP contribution >= 0.6 is 0 Å². The van der Waals surface area contributed by atoms with Crippen molar-refractivity contribution in [2.75, 3.05) is 0 Å². The molecule has 0 bridgehead atoms. The topological polar surface area (TPSA) is 80.2 Å². The van der Waals surface area contributed by atoms with Gasteiger partial charge in [-0.05, 0) is 6.92 Å². The first-order valence-electron chi connectivity index (χ1n) is 4.26. The molecule has 1 aromatic rings. The van der Waals surface area contributed by atoms with Crippen molar-refractivity contribution < 1.29 is 17.4 Å². The molecule has 0 saturated carbocycles. The first kappa shape index (κ1) is 12.0. The van der Waals surface area contributed by atoms with E-state index in [1.807, 2.05) is 0 Å². The smallest absolute Gasteiger partial charge is 0.268 e. The van der Waals surface area contributed by atoms with Gasteiger partial charge in [-0.25, -0.2) is 14.4 Å². The van der Waals surface area contributed by atoms with E-state index in [9.17, 15) is 12.8 Å². The second-order valence-corrected chi connectivity index (χ2v) is 5.04. The summed E-state index contributed by atoms with van der Waals surface area (Å²) < 4.78 is 43.0. The molecule has 1 N–H and O–H groups in total. The van der Waals surface area contributed by atoms with Crippen LogP contribution in [-0.4, -0.2) is 28.2 Å². The summed E-state index contributed by atoms with van der Waals surface area (Å²) in [7, 11) is -4.13. The van der Waals surface area contributed by atoms with Crippen LogP contribution in [0.25, 0.3) is 0 Å². The fourth-order valence-electron chi connectivity index (χ4n) is 1.03. The van der Waals surface area contributed by atoms with E-state index in [-0.39, 0.29) is 5.82 Å². The average molecular weight is 234 g/mol. The molecule has 1 rings (SSSR count). The molecule has 1 aromatic heterocycles. The summed E-state index contributed by atoms with van der Waals surface area (Å²) in [5, 5.41) is -1.03. The zero-order valence-corrected chi connectivity index (χ0v) is 9.07. The monoisotopic (exact) mass is 234 g/mol. The molecule has 1 heterocycles. The van der Waals surface area contributed by atoms with Gasteiger partial charge in [-0.15, -0.1) is 0 Å². The first-order valence-corrected chi connectivity index (χ1v) is 5.76. The van der Waals surface area contributed by atoms with Gasteiger partial charge in [-0.2, -0.15) is 8.42 Å². The molecule has 0 fully saturated rings. The maximum absolute atomic E-state index is 12.5. The van der Waals surface area contributed by atoms with Gasteiger partial charge in [0, 0.05) is 5.92 Å². The van der Waals surface area contributed by atoms with Gasteiger partial charge < -0.3 is 0 Å². The van der Waals surface area contributed by atoms with Gasteiger partial charge in [0.2, 0.25) is 0 Å². The van der Waals surface area contributed by atoms with E-state index in [0.717, 1.165) is 12.4 Å². The summed E-state index contributed by atoms with van der Waals surface area (Å²) in [5.74, 6) is -1.01. The number of halogens is 1. The van der Waals surface area contributed by atoms with Gasteiger partial charge in [-0.1, -0.05) is 6.92 Å². The number of rotatable bonds is 3. The molecule has 15 heavy (non-hydrogen) atoms. The Kier molecular flexibility index (Phi) is 3.35. The van der Waals surface area contributed by atoms with Gasteiger partial charge in [-0.3, -0.25) is 4.55 Å². The van der Waals surface area contributed by atoms with Gasteiger partial charge in [0.25, 0.3) is 10.1 Å². The Hall–Kier alpha value is -1.08. The van der Waals surface area contributed by atoms with Crippen LogP contribution < -0.4 is 0 Å². The largest absolute Gasteiger partial charge is 0.285 e. The molecule has 0 aliphatic carbocycles. The van der Waals surface area contributed by atoms with E-state index >= 15 is 0 Å². The minimum Gasteiger partial charge on any atom is -0.285 e. The second-order valence-electron chi connectivity index (χ2n) is 3.27. The quantitative estimate of drug-likeness (QED) is 0.789. The molecule has 0 saturated heterocycles. The molecule has 84 valence electrons. The average Bonchev–Trinajstić information content (AvgIpc) is 2.15. The number of nitrogens with zero attached hydrogens (tertiary/aromatic N) is 2. The lowest BCUT2D eigenvalue weighted by Crippen LogP contribution is -2.24. The Morgan fingerprint density at radius 3 is 2.20 bits per heavy atom. The van der Waals surface area contributed by atoms with Crippen molar-refractivity contribution in [1.29, 1.82) is 0 Å². The molecule has 0 aromatic carbocycles. The van der Waals surface area contributed by atoms with Crippen LogP contribution in [0.15, 0.2) is 12.4 Å². The lowest BCUT2D eigenvalue weighted by Gasteiger charge is -2.15. The van der Waals surface area contributed by atoms with Crippen molar-refractivity contribution >= 4 is 10.1 Å². The Labute approximate surface area is 87.1 Å². The third-order valence-corrected chi connectivity index (χ3v) is 3.57. The molecule has 0 aliphatic rings. The van der Waals surface area contributed by atoms with Crippen LogP contribution in [0, 0.1) is 5.82 Å². The summed E-state index contributed by atoms with van der Waals surface area (Å²) in [6, 6.07) is 0. The van der Waals surface area contributed by atoms with Crippen LogP contribution in [0.3, 0.4) is 0 Å². The summed E-state index contributed by atoms with van der Waals surface area (Å²) in [4.78, 5) is 7.30. The first-order chi connectivity index (χ1) is 6.82. The fraction of sp³-hybridized carbons (Fsp3) is 0.500. The van der Waals surface area contributed by atoms with Crippen LogP contribution in [0.4, 0.5) is 4.39 Å². The van der Waals surface area contributed by atoms with Crippen molar-refractivity contribution in [2.24, 2.45) is 0 Å². The van der Waals surface area contributed by atoms with Crippen molar-refractivity contribution in [1.82, 2.24) is 9.97 Å². The molecule has 0 unspecified atom stereocenters. The van der Waals surface area contributed by atoms with Crippen molar-refractivity contribution in [2.45, 2.75) is 25.0 Å². The Morgan fingerprint density at radius 1 is 1.33 bits per heavy atom. The minimum atomic E-state index is -4.13. The maximum Gasteiger partial charge on any atom is 0.268 e. The van der Waals surface area contributed by atoms with Gasteiger partial charge in [0.15, 0.2) is 5.82 Å². The third-order valence-electron chi connectivity index (χ3n) is 2.22. The van der Waals surface area contributed by atoms with E-state index in [1.54, 1.807) is 6.92 Å². The van der Waals surface area contributed by atoms with Gasteiger partial charge in [0.05, 0.1) is 17.6 Å². The minimum absolute atomic E-state index is 0.182. The Morgan fingerprint density at radius 2 is 1.80 bits per heavy atom. The zero-order chi connectivity index (χ0) is 11.6. The van der Waals surface area contributed by atoms with Crippen LogP contribution in [0.2, 0.25) is 0 Å². The lowest BCUT2D eigenvalue weighted by molar-refractivity contribution is 0.458. The molecule has 0 spiro atoms. The fourth-order valence-corrected chi connectivity index (χ4v) is 1.66. The Bertz CT molecular complexity index is 432. The SMILES string of the molecule is C[C@H]([C@@H](C)c1ncc(F)cn1)S(=O)(=O)O. The normalized spacial score (nSPS) is 16.0. The number of aromatic nitrogens is 2. The Balaban J connectivity index is 2.95.